The topological polar surface area (TPSA) is 96.0 Å². The molecule has 0 spiro atoms. The summed E-state index contributed by atoms with van der Waals surface area (Å²) < 4.78 is 4.73. The van der Waals surface area contributed by atoms with E-state index in [0.29, 0.717) is 0 Å². The van der Waals surface area contributed by atoms with Gasteiger partial charge in [0.25, 0.3) is 0 Å². The molecule has 0 bridgehead atoms. The molecule has 4 N–H and O–H groups in total. The van der Waals surface area contributed by atoms with E-state index in [1.807, 2.05) is 0 Å². The van der Waals surface area contributed by atoms with Crippen molar-refractivity contribution in [1.29, 1.82) is 0 Å². The number of amides is 1. The van der Waals surface area contributed by atoms with E-state index >= 15 is 0 Å². The lowest BCUT2D eigenvalue weighted by Crippen LogP contribution is -2.43. The van der Waals surface area contributed by atoms with Gasteiger partial charge in [-0.05, 0) is 0 Å². The van der Waals surface area contributed by atoms with E-state index in [1.54, 1.807) is 0 Å². The van der Waals surface area contributed by atoms with E-state index in [4.69, 9.17) is 10.5 Å². The van der Waals surface area contributed by atoms with E-state index in [2.05, 4.69) is 0 Å². The molecule has 6 nitrogen and oxygen atoms in total. The molecule has 13 heavy (non-hydrogen) atoms. The van der Waals surface area contributed by atoms with E-state index in [0.717, 1.165) is 0 Å². The molecule has 0 saturated carbocycles. The monoisotopic (exact) mass is 188 g/mol. The van der Waals surface area contributed by atoms with Gasteiger partial charge in [0.05, 0.1) is 12.1 Å². The fraction of sp³-hybridized carbons (Fsp3) is 0.857. The predicted molar refractivity (Wildman–Crippen MR) is 41.8 cm³/mol. The van der Waals surface area contributed by atoms with Crippen molar-refractivity contribution in [2.75, 3.05) is 13.2 Å². The Morgan fingerprint density at radius 2 is 2.23 bits per heavy atom. The Morgan fingerprint density at radius 1 is 1.54 bits per heavy atom. The highest BCUT2D eigenvalue weighted by molar-refractivity contribution is 5.71. The number of rotatable bonds is 1. The standard InChI is InChI=1S/C7H12N2O4/c8-1-3-5(10)6(11)4-2-13-7(12)9(3)4/h3-6,10-11H,1-2,8H2/t3-,4-,5+,6+/m0/s1. The van der Waals surface area contributed by atoms with Gasteiger partial charge in [-0.25, -0.2) is 4.79 Å². The summed E-state index contributed by atoms with van der Waals surface area (Å²) in [7, 11) is 0. The van der Waals surface area contributed by atoms with Gasteiger partial charge in [-0.1, -0.05) is 0 Å². The van der Waals surface area contributed by atoms with Gasteiger partial charge >= 0.3 is 6.09 Å². The van der Waals surface area contributed by atoms with Crippen molar-refractivity contribution in [3.05, 3.63) is 0 Å². The van der Waals surface area contributed by atoms with Gasteiger partial charge < -0.3 is 20.7 Å². The molecule has 4 atom stereocenters. The number of carbonyl (C=O) groups excluding carboxylic acids is 1. The van der Waals surface area contributed by atoms with Crippen molar-refractivity contribution in [2.45, 2.75) is 24.3 Å². The molecule has 2 fully saturated rings. The van der Waals surface area contributed by atoms with Gasteiger partial charge in [-0.15, -0.1) is 0 Å². The van der Waals surface area contributed by atoms with Crippen molar-refractivity contribution in [1.82, 2.24) is 4.90 Å². The fourth-order valence-corrected chi connectivity index (χ4v) is 1.96. The Labute approximate surface area is 74.9 Å². The summed E-state index contributed by atoms with van der Waals surface area (Å²) >= 11 is 0. The van der Waals surface area contributed by atoms with Crippen molar-refractivity contribution in [2.24, 2.45) is 5.73 Å². The van der Waals surface area contributed by atoms with E-state index in [1.165, 1.54) is 4.90 Å². The highest BCUT2D eigenvalue weighted by atomic mass is 16.6. The third-order valence-electron chi connectivity index (χ3n) is 2.68. The molecule has 74 valence electrons. The maximum atomic E-state index is 11.1. The number of cyclic esters (lactones) is 1. The molecular formula is C7H12N2O4. The first-order valence-electron chi connectivity index (χ1n) is 4.18. The second-order valence-electron chi connectivity index (χ2n) is 3.34. The van der Waals surface area contributed by atoms with E-state index in [-0.39, 0.29) is 13.2 Å². The van der Waals surface area contributed by atoms with Crippen LogP contribution in [0.3, 0.4) is 0 Å². The van der Waals surface area contributed by atoms with Crippen molar-refractivity contribution >= 4 is 6.09 Å². The van der Waals surface area contributed by atoms with E-state index in [9.17, 15) is 15.0 Å². The SMILES string of the molecule is NC[C@H]1[C@@H](O)[C@H](O)[C@@H]2COC(=O)N12. The number of nitrogens with two attached hydrogens (primary N) is 1. The summed E-state index contributed by atoms with van der Waals surface area (Å²) in [5.74, 6) is 0. The summed E-state index contributed by atoms with van der Waals surface area (Å²) in [5, 5.41) is 19.0. The molecule has 2 heterocycles. The first-order valence-corrected chi connectivity index (χ1v) is 4.18. The molecule has 2 aliphatic rings. The highest BCUT2D eigenvalue weighted by Crippen LogP contribution is 2.29. The molecule has 2 rings (SSSR count). The Bertz CT molecular complexity index is 233. The number of carbonyl (C=O) groups is 1. The van der Waals surface area contributed by atoms with Crippen molar-refractivity contribution < 1.29 is 19.7 Å². The summed E-state index contributed by atoms with van der Waals surface area (Å²) in [4.78, 5) is 12.5. The summed E-state index contributed by atoms with van der Waals surface area (Å²) in [5.41, 5.74) is 5.38. The number of ether oxygens (including phenoxy) is 1. The number of nitrogens with zero attached hydrogens (tertiary/aromatic N) is 1. The molecule has 2 aliphatic heterocycles. The minimum absolute atomic E-state index is 0.129. The van der Waals surface area contributed by atoms with Crippen molar-refractivity contribution in [3.63, 3.8) is 0 Å². The number of hydrogen-bond donors (Lipinski definition) is 3. The molecule has 1 amide bonds. The predicted octanol–water partition coefficient (Wildman–Crippen LogP) is -2.13. The lowest BCUT2D eigenvalue weighted by molar-refractivity contribution is 0.0198. The smallest absolute Gasteiger partial charge is 0.410 e. The summed E-state index contributed by atoms with van der Waals surface area (Å²) in [6, 6.07) is -0.953. The van der Waals surface area contributed by atoms with Crippen LogP contribution in [0.5, 0.6) is 0 Å². The summed E-state index contributed by atoms with van der Waals surface area (Å²) in [6.07, 6.45) is -2.40. The van der Waals surface area contributed by atoms with Crippen molar-refractivity contribution in [3.8, 4) is 0 Å². The third-order valence-corrected chi connectivity index (χ3v) is 2.68. The fourth-order valence-electron chi connectivity index (χ4n) is 1.96. The average molecular weight is 188 g/mol. The van der Waals surface area contributed by atoms with Crippen LogP contribution in [0, 0.1) is 0 Å². The third kappa shape index (κ3) is 1.03. The van der Waals surface area contributed by atoms with Gasteiger partial charge in [0.1, 0.15) is 18.8 Å². The zero-order chi connectivity index (χ0) is 9.59. The van der Waals surface area contributed by atoms with Crippen LogP contribution in [-0.2, 0) is 4.74 Å². The second-order valence-corrected chi connectivity index (χ2v) is 3.34. The molecule has 0 aromatic carbocycles. The zero-order valence-electron chi connectivity index (χ0n) is 6.96. The normalized spacial score (nSPS) is 43.6. The Balaban J connectivity index is 2.25. The Morgan fingerprint density at radius 3 is 2.85 bits per heavy atom. The van der Waals surface area contributed by atoms with Crippen LogP contribution in [0.2, 0.25) is 0 Å². The molecule has 0 radical (unpaired) electrons. The lowest BCUT2D eigenvalue weighted by atomic mass is 10.1. The molecule has 0 aliphatic carbocycles. The first-order chi connectivity index (χ1) is 6.16. The highest BCUT2D eigenvalue weighted by Gasteiger charge is 2.53. The van der Waals surface area contributed by atoms with Gasteiger partial charge in [-0.3, -0.25) is 4.90 Å². The quantitative estimate of drug-likeness (QED) is 0.437. The van der Waals surface area contributed by atoms with Crippen LogP contribution in [0.15, 0.2) is 0 Å². The molecule has 0 aromatic heterocycles. The number of hydrogen-bond acceptors (Lipinski definition) is 5. The van der Waals surface area contributed by atoms with Gasteiger partial charge in [0, 0.05) is 6.54 Å². The Hall–Kier alpha value is -0.850. The maximum absolute atomic E-state index is 11.1. The molecule has 2 saturated heterocycles. The zero-order valence-corrected chi connectivity index (χ0v) is 6.96. The van der Waals surface area contributed by atoms with Crippen LogP contribution >= 0.6 is 0 Å². The van der Waals surface area contributed by atoms with Crippen LogP contribution in [-0.4, -0.2) is 58.6 Å². The van der Waals surface area contributed by atoms with Gasteiger partial charge in [0.15, 0.2) is 0 Å². The van der Waals surface area contributed by atoms with E-state index < -0.39 is 30.4 Å². The number of aliphatic hydroxyl groups excluding tert-OH is 2. The average Bonchev–Trinajstić information content (AvgIpc) is 2.58. The molecule has 0 unspecified atom stereocenters. The van der Waals surface area contributed by atoms with Crippen LogP contribution < -0.4 is 5.73 Å². The lowest BCUT2D eigenvalue weighted by Gasteiger charge is -2.20. The minimum Gasteiger partial charge on any atom is -0.447 e. The molecule has 0 aromatic rings. The minimum atomic E-state index is -0.956. The second kappa shape index (κ2) is 2.83. The number of aliphatic hydroxyl groups is 2. The Kier molecular flexibility index (Phi) is 1.90. The number of fused-ring (bicyclic) bond motifs is 1. The first kappa shape index (κ1) is 8.74. The van der Waals surface area contributed by atoms with Gasteiger partial charge in [-0.2, -0.15) is 0 Å². The van der Waals surface area contributed by atoms with Gasteiger partial charge in [0.2, 0.25) is 0 Å². The largest absolute Gasteiger partial charge is 0.447 e. The maximum Gasteiger partial charge on any atom is 0.410 e. The van der Waals surface area contributed by atoms with Crippen LogP contribution in [0.4, 0.5) is 4.79 Å². The molecule has 6 heteroatoms. The molecular weight excluding hydrogens is 176 g/mol. The van der Waals surface area contributed by atoms with Crippen LogP contribution in [0.1, 0.15) is 0 Å². The summed E-state index contributed by atoms with van der Waals surface area (Å²) in [6.45, 7) is 0.261. The van der Waals surface area contributed by atoms with Crippen LogP contribution in [0.25, 0.3) is 0 Å².